The molecule has 1 amide bonds. The van der Waals surface area contributed by atoms with Crippen LogP contribution in [0.2, 0.25) is 0 Å². The van der Waals surface area contributed by atoms with E-state index in [0.29, 0.717) is 12.1 Å². The Labute approximate surface area is 144 Å². The normalized spacial score (nSPS) is 10.5. The van der Waals surface area contributed by atoms with Crippen LogP contribution in [-0.2, 0) is 11.4 Å². The van der Waals surface area contributed by atoms with Gasteiger partial charge in [0, 0.05) is 18.5 Å². The molecular weight excluding hydrogens is 306 g/mol. The molecule has 1 rings (SSSR count). The highest BCUT2D eigenvalue weighted by molar-refractivity contribution is 5.94. The molecule has 24 heavy (non-hydrogen) atoms. The first-order valence-electron chi connectivity index (χ1n) is 8.83. The summed E-state index contributed by atoms with van der Waals surface area (Å²) in [5.41, 5.74) is 1.42. The summed E-state index contributed by atoms with van der Waals surface area (Å²) < 4.78 is 0. The third-order valence-corrected chi connectivity index (χ3v) is 4.00. The van der Waals surface area contributed by atoms with Crippen LogP contribution in [0.15, 0.2) is 24.3 Å². The van der Waals surface area contributed by atoms with Gasteiger partial charge in [0.15, 0.2) is 0 Å². The molecule has 0 heterocycles. The molecule has 3 N–H and O–H groups in total. The summed E-state index contributed by atoms with van der Waals surface area (Å²) in [5, 5.41) is 20.4. The zero-order valence-electron chi connectivity index (χ0n) is 14.3. The van der Waals surface area contributed by atoms with E-state index in [1.165, 1.54) is 6.42 Å². The van der Waals surface area contributed by atoms with Crippen molar-refractivity contribution in [3.05, 3.63) is 35.4 Å². The Bertz CT molecular complexity index is 485. The van der Waals surface area contributed by atoms with Gasteiger partial charge in [0.25, 0.3) is 5.91 Å². The number of benzene rings is 1. The van der Waals surface area contributed by atoms with Crippen LogP contribution in [-0.4, -0.2) is 28.6 Å². The van der Waals surface area contributed by atoms with Gasteiger partial charge in [0.2, 0.25) is 0 Å². The van der Waals surface area contributed by atoms with E-state index in [0.717, 1.165) is 50.5 Å². The second kappa shape index (κ2) is 12.5. The van der Waals surface area contributed by atoms with Crippen molar-refractivity contribution in [2.45, 2.75) is 64.4 Å². The number of carboxylic acids is 1. The van der Waals surface area contributed by atoms with Gasteiger partial charge in [0.1, 0.15) is 0 Å². The number of unbranched alkanes of at least 4 members (excludes halogenated alkanes) is 7. The minimum absolute atomic E-state index is 0.0124. The first kappa shape index (κ1) is 20.2. The number of carbonyl (C=O) groups is 2. The van der Waals surface area contributed by atoms with E-state index in [4.69, 9.17) is 10.2 Å². The van der Waals surface area contributed by atoms with Gasteiger partial charge in [-0.3, -0.25) is 9.59 Å². The first-order valence-corrected chi connectivity index (χ1v) is 8.83. The zero-order chi connectivity index (χ0) is 17.6. The highest BCUT2D eigenvalue weighted by atomic mass is 16.4. The van der Waals surface area contributed by atoms with Crippen molar-refractivity contribution < 1.29 is 19.8 Å². The molecule has 0 bridgehead atoms. The molecule has 134 valence electrons. The minimum atomic E-state index is -0.707. The molecule has 1 aromatic carbocycles. The Morgan fingerprint density at radius 2 is 1.38 bits per heavy atom. The van der Waals surface area contributed by atoms with Gasteiger partial charge in [0.05, 0.1) is 6.61 Å². The van der Waals surface area contributed by atoms with E-state index in [2.05, 4.69) is 5.32 Å². The summed E-state index contributed by atoms with van der Waals surface area (Å²) in [6.45, 7) is 0.667. The molecule has 1 aromatic rings. The molecule has 0 aliphatic carbocycles. The molecule has 0 aliphatic heterocycles. The summed E-state index contributed by atoms with van der Waals surface area (Å²) >= 11 is 0. The summed E-state index contributed by atoms with van der Waals surface area (Å²) in [6, 6.07) is 6.97. The quantitative estimate of drug-likeness (QED) is 0.482. The SMILES string of the molecule is O=C(O)CCCCCCCCCCNC(=O)c1ccc(CO)cc1. The van der Waals surface area contributed by atoms with E-state index < -0.39 is 5.97 Å². The number of rotatable bonds is 13. The molecular formula is C19H29NO4. The van der Waals surface area contributed by atoms with Crippen molar-refractivity contribution in [2.24, 2.45) is 0 Å². The van der Waals surface area contributed by atoms with Crippen LogP contribution in [0.4, 0.5) is 0 Å². The van der Waals surface area contributed by atoms with Crippen LogP contribution in [0, 0.1) is 0 Å². The molecule has 0 saturated carbocycles. The molecule has 0 aliphatic rings. The van der Waals surface area contributed by atoms with Crippen molar-refractivity contribution >= 4 is 11.9 Å². The van der Waals surface area contributed by atoms with Crippen LogP contribution in [0.25, 0.3) is 0 Å². The van der Waals surface area contributed by atoms with Gasteiger partial charge < -0.3 is 15.5 Å². The molecule has 0 aromatic heterocycles. The monoisotopic (exact) mass is 335 g/mol. The van der Waals surface area contributed by atoms with Crippen LogP contribution >= 0.6 is 0 Å². The predicted octanol–water partition coefficient (Wildman–Crippen LogP) is 3.50. The lowest BCUT2D eigenvalue weighted by molar-refractivity contribution is -0.137. The summed E-state index contributed by atoms with van der Waals surface area (Å²) in [5.74, 6) is -0.778. The van der Waals surface area contributed by atoms with E-state index in [9.17, 15) is 9.59 Å². The van der Waals surface area contributed by atoms with Gasteiger partial charge in [-0.05, 0) is 30.5 Å². The number of carboxylic acid groups (broad SMARTS) is 1. The molecule has 0 unspecified atom stereocenters. The fraction of sp³-hybridized carbons (Fsp3) is 0.579. The summed E-state index contributed by atoms with van der Waals surface area (Å²) in [6.07, 6.45) is 8.71. The third-order valence-electron chi connectivity index (χ3n) is 4.00. The minimum Gasteiger partial charge on any atom is -0.481 e. The highest BCUT2D eigenvalue weighted by Crippen LogP contribution is 2.09. The zero-order valence-corrected chi connectivity index (χ0v) is 14.3. The maximum atomic E-state index is 11.9. The second-order valence-corrected chi connectivity index (χ2v) is 6.08. The predicted molar refractivity (Wildman–Crippen MR) is 93.9 cm³/mol. The van der Waals surface area contributed by atoms with Gasteiger partial charge in [-0.2, -0.15) is 0 Å². The lowest BCUT2D eigenvalue weighted by Gasteiger charge is -2.06. The van der Waals surface area contributed by atoms with Crippen molar-refractivity contribution in [2.75, 3.05) is 6.54 Å². The van der Waals surface area contributed by atoms with Crippen LogP contribution in [0.3, 0.4) is 0 Å². The fourth-order valence-corrected chi connectivity index (χ4v) is 2.53. The van der Waals surface area contributed by atoms with E-state index in [-0.39, 0.29) is 18.9 Å². The summed E-state index contributed by atoms with van der Waals surface area (Å²) in [7, 11) is 0. The molecule has 0 fully saturated rings. The molecule has 0 radical (unpaired) electrons. The van der Waals surface area contributed by atoms with E-state index in [1.807, 2.05) is 0 Å². The standard InChI is InChI=1S/C19H29NO4/c21-15-16-10-12-17(13-11-16)19(24)20-14-8-6-4-2-1-3-5-7-9-18(22)23/h10-13,21H,1-9,14-15H2,(H,20,24)(H,22,23). The molecule has 5 heteroatoms. The van der Waals surface area contributed by atoms with Gasteiger partial charge >= 0.3 is 5.97 Å². The smallest absolute Gasteiger partial charge is 0.303 e. The number of amides is 1. The Kier molecular flexibility index (Phi) is 10.5. The van der Waals surface area contributed by atoms with Crippen molar-refractivity contribution in [1.82, 2.24) is 5.32 Å². The van der Waals surface area contributed by atoms with Gasteiger partial charge in [-0.1, -0.05) is 50.7 Å². The summed E-state index contributed by atoms with van der Waals surface area (Å²) in [4.78, 5) is 22.3. The average Bonchev–Trinajstić information content (AvgIpc) is 2.59. The second-order valence-electron chi connectivity index (χ2n) is 6.08. The van der Waals surface area contributed by atoms with Crippen LogP contribution < -0.4 is 5.32 Å². The number of aliphatic carboxylic acids is 1. The van der Waals surface area contributed by atoms with Crippen LogP contribution in [0.5, 0.6) is 0 Å². The molecule has 0 spiro atoms. The maximum absolute atomic E-state index is 11.9. The lowest BCUT2D eigenvalue weighted by Crippen LogP contribution is -2.24. The maximum Gasteiger partial charge on any atom is 0.303 e. The molecule has 0 atom stereocenters. The number of nitrogens with one attached hydrogen (secondary N) is 1. The average molecular weight is 335 g/mol. The van der Waals surface area contributed by atoms with Gasteiger partial charge in [-0.25, -0.2) is 0 Å². The molecule has 0 saturated heterocycles. The lowest BCUT2D eigenvalue weighted by atomic mass is 10.1. The number of hydrogen-bond donors (Lipinski definition) is 3. The Morgan fingerprint density at radius 1 is 0.833 bits per heavy atom. The van der Waals surface area contributed by atoms with E-state index >= 15 is 0 Å². The van der Waals surface area contributed by atoms with Crippen molar-refractivity contribution in [1.29, 1.82) is 0 Å². The number of aliphatic hydroxyl groups excluding tert-OH is 1. The third kappa shape index (κ3) is 9.30. The topological polar surface area (TPSA) is 86.6 Å². The Balaban J connectivity index is 1.96. The van der Waals surface area contributed by atoms with Gasteiger partial charge in [-0.15, -0.1) is 0 Å². The Morgan fingerprint density at radius 3 is 1.92 bits per heavy atom. The van der Waals surface area contributed by atoms with Crippen molar-refractivity contribution in [3.63, 3.8) is 0 Å². The first-order chi connectivity index (χ1) is 11.6. The number of hydrogen-bond acceptors (Lipinski definition) is 3. The number of aliphatic hydroxyl groups is 1. The molecule has 5 nitrogen and oxygen atoms in total. The van der Waals surface area contributed by atoms with Crippen molar-refractivity contribution in [3.8, 4) is 0 Å². The fourth-order valence-electron chi connectivity index (χ4n) is 2.53. The van der Waals surface area contributed by atoms with Crippen LogP contribution in [0.1, 0.15) is 73.7 Å². The Hall–Kier alpha value is -1.88. The largest absolute Gasteiger partial charge is 0.481 e. The number of carbonyl (C=O) groups excluding carboxylic acids is 1. The van der Waals surface area contributed by atoms with E-state index in [1.54, 1.807) is 24.3 Å². The highest BCUT2D eigenvalue weighted by Gasteiger charge is 2.04.